The monoisotopic (exact) mass is 384 g/mol. The van der Waals surface area contributed by atoms with Gasteiger partial charge in [-0.05, 0) is 68.1 Å². The lowest BCUT2D eigenvalue weighted by molar-refractivity contribution is -0.0171. The van der Waals surface area contributed by atoms with Crippen LogP contribution in [-0.4, -0.2) is 25.7 Å². The van der Waals surface area contributed by atoms with Crippen LogP contribution in [0.15, 0.2) is 17.8 Å². The number of allylic oxidation sites excluding steroid dienone is 1. The van der Waals surface area contributed by atoms with E-state index in [9.17, 15) is 10.2 Å². The van der Waals surface area contributed by atoms with Gasteiger partial charge in [0.1, 0.15) is 0 Å². The lowest BCUT2D eigenvalue weighted by Crippen LogP contribution is -2.51. The maximum Gasteiger partial charge on any atom is 0.230 e. The average molecular weight is 385 g/mol. The van der Waals surface area contributed by atoms with Crippen molar-refractivity contribution in [3.8, 4) is 5.88 Å². The first-order valence-electron chi connectivity index (χ1n) is 10.5. The summed E-state index contributed by atoms with van der Waals surface area (Å²) < 4.78 is 2.18. The Morgan fingerprint density at radius 2 is 1.96 bits per heavy atom. The molecule has 0 unspecified atom stereocenters. The van der Waals surface area contributed by atoms with E-state index in [0.29, 0.717) is 11.3 Å². The van der Waals surface area contributed by atoms with Crippen molar-refractivity contribution in [2.45, 2.75) is 70.3 Å². The van der Waals surface area contributed by atoms with Crippen molar-refractivity contribution >= 4 is 16.3 Å². The summed E-state index contributed by atoms with van der Waals surface area (Å²) in [6, 6.07) is 0. The number of hydrogen-bond donors (Lipinski definition) is 2. The minimum absolute atomic E-state index is 0.129. The summed E-state index contributed by atoms with van der Waals surface area (Å²) >= 11 is 1.78. The Hall–Kier alpha value is -1.33. The maximum atomic E-state index is 10.2. The van der Waals surface area contributed by atoms with E-state index < -0.39 is 0 Å². The molecule has 2 fully saturated rings. The van der Waals surface area contributed by atoms with Gasteiger partial charge >= 0.3 is 0 Å². The van der Waals surface area contributed by atoms with Gasteiger partial charge in [0, 0.05) is 16.0 Å². The van der Waals surface area contributed by atoms with Gasteiger partial charge < -0.3 is 10.2 Å². The summed E-state index contributed by atoms with van der Waals surface area (Å²) in [5.74, 6) is 2.32. The van der Waals surface area contributed by atoms with Gasteiger partial charge in [0.05, 0.1) is 12.3 Å². The van der Waals surface area contributed by atoms with Crippen LogP contribution in [0.25, 0.3) is 4.96 Å². The number of nitrogens with zero attached hydrogens (tertiary/aromatic N) is 2. The number of aromatic hydroxyl groups is 1. The zero-order chi connectivity index (χ0) is 18.6. The second-order valence-electron chi connectivity index (χ2n) is 9.94. The van der Waals surface area contributed by atoms with E-state index in [-0.39, 0.29) is 17.4 Å². The second kappa shape index (κ2) is 5.18. The summed E-state index contributed by atoms with van der Waals surface area (Å²) in [6.45, 7) is 4.95. The minimum Gasteiger partial charge on any atom is -0.492 e. The molecule has 6 rings (SSSR count). The first kappa shape index (κ1) is 16.6. The molecule has 0 spiro atoms. The van der Waals surface area contributed by atoms with Crippen molar-refractivity contribution in [3.05, 3.63) is 28.4 Å². The molecule has 2 N–H and O–H groups in total. The number of hydrogen-bond acceptors (Lipinski definition) is 4. The average Bonchev–Trinajstić information content (AvgIpc) is 3.22. The standard InChI is InChI=1S/C22H28N2O2S/c1-21-7-5-13(25)9-12(21)3-4-14-15(21)6-8-22(2)16(14)10-17-19(22)24-11-18(26)23-20(24)27-17/h3,11,13-16,25-26H,4-10H2,1-2H3/t13-,14+,15-,16-,21-,22-/m0/s1. The Labute approximate surface area is 163 Å². The molecule has 5 heteroatoms. The molecule has 0 saturated heterocycles. The fraction of sp³-hybridized carbons (Fsp3) is 0.682. The van der Waals surface area contributed by atoms with E-state index in [1.54, 1.807) is 16.9 Å². The lowest BCUT2D eigenvalue weighted by Gasteiger charge is -2.57. The van der Waals surface area contributed by atoms with Crippen LogP contribution in [0, 0.1) is 23.2 Å². The molecule has 0 aromatic carbocycles. The van der Waals surface area contributed by atoms with Gasteiger partial charge in [0.25, 0.3) is 0 Å². The molecule has 0 bridgehead atoms. The maximum absolute atomic E-state index is 10.2. The molecule has 0 amide bonds. The molecular formula is C22H28N2O2S. The Morgan fingerprint density at radius 1 is 1.15 bits per heavy atom. The van der Waals surface area contributed by atoms with Crippen molar-refractivity contribution in [2.75, 3.05) is 0 Å². The number of fused-ring (bicyclic) bond motifs is 9. The molecule has 6 atom stereocenters. The van der Waals surface area contributed by atoms with E-state index >= 15 is 0 Å². The summed E-state index contributed by atoms with van der Waals surface area (Å²) in [4.78, 5) is 6.74. The smallest absolute Gasteiger partial charge is 0.230 e. The first-order valence-corrected chi connectivity index (χ1v) is 11.3. The first-order chi connectivity index (χ1) is 12.9. The van der Waals surface area contributed by atoms with E-state index in [4.69, 9.17) is 0 Å². The fourth-order valence-electron chi connectivity index (χ4n) is 7.44. The molecule has 2 heterocycles. The van der Waals surface area contributed by atoms with Gasteiger partial charge in [-0.3, -0.25) is 4.40 Å². The van der Waals surface area contributed by atoms with Crippen molar-refractivity contribution in [2.24, 2.45) is 23.2 Å². The van der Waals surface area contributed by atoms with Crippen LogP contribution in [0.1, 0.15) is 62.9 Å². The van der Waals surface area contributed by atoms with E-state index in [2.05, 4.69) is 29.3 Å². The normalized spacial score (nSPS) is 43.0. The fourth-order valence-corrected chi connectivity index (χ4v) is 8.73. The van der Waals surface area contributed by atoms with Crippen molar-refractivity contribution in [1.29, 1.82) is 0 Å². The van der Waals surface area contributed by atoms with Gasteiger partial charge in [0.15, 0.2) is 4.96 Å². The number of thiazole rings is 1. The van der Waals surface area contributed by atoms with Gasteiger partial charge in [-0.15, -0.1) is 11.3 Å². The van der Waals surface area contributed by atoms with Crippen molar-refractivity contribution < 1.29 is 10.2 Å². The Balaban J connectivity index is 1.42. The number of aliphatic hydroxyl groups excluding tert-OH is 1. The van der Waals surface area contributed by atoms with Crippen LogP contribution in [0.3, 0.4) is 0 Å². The van der Waals surface area contributed by atoms with E-state index in [1.807, 2.05) is 6.20 Å². The molecule has 2 saturated carbocycles. The summed E-state index contributed by atoms with van der Waals surface area (Å²) in [7, 11) is 0. The zero-order valence-corrected chi connectivity index (χ0v) is 16.9. The van der Waals surface area contributed by atoms with Crippen molar-refractivity contribution in [3.63, 3.8) is 0 Å². The molecule has 0 aliphatic heterocycles. The summed E-state index contributed by atoms with van der Waals surface area (Å²) in [6.07, 6.45) is 12.0. The predicted molar refractivity (Wildman–Crippen MR) is 106 cm³/mol. The predicted octanol–water partition coefficient (Wildman–Crippen LogP) is 4.44. The van der Waals surface area contributed by atoms with E-state index in [0.717, 1.165) is 36.1 Å². The largest absolute Gasteiger partial charge is 0.492 e. The highest BCUT2D eigenvalue weighted by atomic mass is 32.1. The number of imidazole rings is 1. The van der Waals surface area contributed by atoms with Crippen LogP contribution in [0.4, 0.5) is 0 Å². The summed E-state index contributed by atoms with van der Waals surface area (Å²) in [5, 5.41) is 20.0. The zero-order valence-electron chi connectivity index (χ0n) is 16.1. The van der Waals surface area contributed by atoms with E-state index in [1.165, 1.54) is 36.3 Å². The van der Waals surface area contributed by atoms with Gasteiger partial charge in [-0.1, -0.05) is 25.5 Å². The number of aromatic nitrogens is 2. The third kappa shape index (κ3) is 2.00. The highest BCUT2D eigenvalue weighted by Crippen LogP contribution is 2.64. The molecular weight excluding hydrogens is 356 g/mol. The Bertz CT molecular complexity index is 975. The Morgan fingerprint density at radius 3 is 2.81 bits per heavy atom. The SMILES string of the molecule is C[C@]12CC[C@H](O)CC1=CC[C@@H]1[C@@H]2CC[C@]2(C)c3c(sc4nc(O)cn34)C[C@@H]12. The highest BCUT2D eigenvalue weighted by Gasteiger charge is 2.58. The quantitative estimate of drug-likeness (QED) is 0.660. The molecule has 4 aliphatic rings. The van der Waals surface area contributed by atoms with Crippen LogP contribution in [-0.2, 0) is 11.8 Å². The van der Waals surface area contributed by atoms with Crippen LogP contribution in [0.2, 0.25) is 0 Å². The topological polar surface area (TPSA) is 57.8 Å². The molecule has 27 heavy (non-hydrogen) atoms. The molecule has 144 valence electrons. The molecule has 0 radical (unpaired) electrons. The lowest BCUT2D eigenvalue weighted by atomic mass is 9.48. The highest BCUT2D eigenvalue weighted by molar-refractivity contribution is 7.17. The molecule has 4 aliphatic carbocycles. The van der Waals surface area contributed by atoms with Gasteiger partial charge in [-0.25, -0.2) is 0 Å². The van der Waals surface area contributed by atoms with Gasteiger partial charge in [-0.2, -0.15) is 4.98 Å². The van der Waals surface area contributed by atoms with Crippen molar-refractivity contribution in [1.82, 2.24) is 9.38 Å². The third-order valence-corrected chi connectivity index (χ3v) is 9.87. The minimum atomic E-state index is -0.129. The van der Waals surface area contributed by atoms with Crippen LogP contribution >= 0.6 is 11.3 Å². The van der Waals surface area contributed by atoms with Gasteiger partial charge in [0.2, 0.25) is 5.88 Å². The Kier molecular flexibility index (Phi) is 3.18. The molecule has 2 aromatic rings. The molecule has 2 aromatic heterocycles. The van der Waals surface area contributed by atoms with Crippen LogP contribution in [0.5, 0.6) is 5.88 Å². The van der Waals surface area contributed by atoms with Crippen LogP contribution < -0.4 is 0 Å². The number of aliphatic hydroxyl groups is 1. The number of rotatable bonds is 0. The molecule has 4 nitrogen and oxygen atoms in total. The second-order valence-corrected chi connectivity index (χ2v) is 11.0. The summed E-state index contributed by atoms with van der Waals surface area (Å²) in [5.41, 5.74) is 3.46. The third-order valence-electron chi connectivity index (χ3n) is 8.79.